The summed E-state index contributed by atoms with van der Waals surface area (Å²) in [6.07, 6.45) is 1.69. The highest BCUT2D eigenvalue weighted by Crippen LogP contribution is 2.24. The van der Waals surface area contributed by atoms with E-state index in [4.69, 9.17) is 33.2 Å². The van der Waals surface area contributed by atoms with E-state index in [1.807, 2.05) is 42.5 Å². The van der Waals surface area contributed by atoms with Crippen molar-refractivity contribution in [1.82, 2.24) is 5.43 Å². The van der Waals surface area contributed by atoms with Crippen LogP contribution in [0.25, 0.3) is 0 Å². The van der Waals surface area contributed by atoms with Crippen LogP contribution < -0.4 is 10.2 Å². The Bertz CT molecular complexity index is 1010. The Labute approximate surface area is 174 Å². The first-order chi connectivity index (χ1) is 13.7. The van der Waals surface area contributed by atoms with E-state index >= 15 is 0 Å². The van der Waals surface area contributed by atoms with Crippen molar-refractivity contribution in [2.24, 2.45) is 5.10 Å². The van der Waals surface area contributed by atoms with Crippen LogP contribution in [-0.4, -0.2) is 6.21 Å². The highest BCUT2D eigenvalue weighted by molar-refractivity contribution is 6.35. The van der Waals surface area contributed by atoms with Gasteiger partial charge in [-0.1, -0.05) is 53.5 Å². The lowest BCUT2D eigenvalue weighted by molar-refractivity contribution is 0.306. The third-order valence-electron chi connectivity index (χ3n) is 3.98. The molecule has 3 aromatic carbocycles. The molecule has 28 heavy (non-hydrogen) atoms. The first-order valence-corrected chi connectivity index (χ1v) is 9.32. The van der Waals surface area contributed by atoms with E-state index < -0.39 is 0 Å². The first-order valence-electron chi connectivity index (χ1n) is 8.57. The Kier molecular flexibility index (Phi) is 6.91. The molecule has 0 saturated heterocycles. The molecule has 0 saturated carbocycles. The van der Waals surface area contributed by atoms with Crippen LogP contribution in [0.1, 0.15) is 22.3 Å². The molecular weight excluding hydrogens is 393 g/mol. The molecule has 0 aromatic heterocycles. The maximum atomic E-state index is 9.00. The average Bonchev–Trinajstić information content (AvgIpc) is 2.72. The lowest BCUT2D eigenvalue weighted by Crippen LogP contribution is -2.07. The Morgan fingerprint density at radius 2 is 1.75 bits per heavy atom. The molecule has 6 heteroatoms. The molecule has 3 aromatic rings. The van der Waals surface area contributed by atoms with Gasteiger partial charge in [0, 0.05) is 21.2 Å². The van der Waals surface area contributed by atoms with E-state index in [0.29, 0.717) is 34.5 Å². The third-order valence-corrected chi connectivity index (χ3v) is 4.69. The normalized spacial score (nSPS) is 10.6. The molecule has 4 nitrogen and oxygen atoms in total. The Balaban J connectivity index is 1.63. The first kappa shape index (κ1) is 19.8. The van der Waals surface area contributed by atoms with Gasteiger partial charge in [-0.3, -0.25) is 0 Å². The summed E-state index contributed by atoms with van der Waals surface area (Å²) in [7, 11) is 0. The number of ether oxygens (including phenoxy) is 1. The highest BCUT2D eigenvalue weighted by Gasteiger charge is 2.05. The van der Waals surface area contributed by atoms with Gasteiger partial charge in [-0.25, -0.2) is 0 Å². The number of para-hydroxylation sites is 1. The topological polar surface area (TPSA) is 57.4 Å². The van der Waals surface area contributed by atoms with Crippen molar-refractivity contribution in [1.29, 1.82) is 5.26 Å². The highest BCUT2D eigenvalue weighted by atomic mass is 35.5. The largest absolute Gasteiger partial charge is 0.488 e. The summed E-state index contributed by atoms with van der Waals surface area (Å²) >= 11 is 12.3. The van der Waals surface area contributed by atoms with E-state index in [-0.39, 0.29) is 0 Å². The number of rotatable bonds is 7. The van der Waals surface area contributed by atoms with Gasteiger partial charge < -0.3 is 10.2 Å². The number of hydrogen-bond acceptors (Lipinski definition) is 4. The van der Waals surface area contributed by atoms with Gasteiger partial charge in [0.1, 0.15) is 12.4 Å². The van der Waals surface area contributed by atoms with Crippen molar-refractivity contribution in [3.05, 3.63) is 99.0 Å². The van der Waals surface area contributed by atoms with Gasteiger partial charge in [-0.2, -0.15) is 10.4 Å². The van der Waals surface area contributed by atoms with E-state index in [9.17, 15) is 0 Å². The van der Waals surface area contributed by atoms with E-state index in [2.05, 4.69) is 16.6 Å². The number of halogens is 2. The SMILES string of the molecule is N#Cc1cccc(COc2ccccc2/C=N/NCc2c(Cl)cccc2Cl)c1. The second-order valence-corrected chi connectivity index (χ2v) is 6.75. The monoisotopic (exact) mass is 409 g/mol. The van der Waals surface area contributed by atoms with Crippen LogP contribution in [0.2, 0.25) is 10.0 Å². The Morgan fingerprint density at radius 3 is 2.54 bits per heavy atom. The fraction of sp³-hybridized carbons (Fsp3) is 0.0909. The fourth-order valence-corrected chi connectivity index (χ4v) is 3.08. The zero-order valence-electron chi connectivity index (χ0n) is 14.9. The van der Waals surface area contributed by atoms with Gasteiger partial charge in [0.05, 0.1) is 24.4 Å². The summed E-state index contributed by atoms with van der Waals surface area (Å²) in [5.41, 5.74) is 6.12. The lowest BCUT2D eigenvalue weighted by atomic mass is 10.1. The van der Waals surface area contributed by atoms with Gasteiger partial charge in [-0.15, -0.1) is 0 Å². The fourth-order valence-electron chi connectivity index (χ4n) is 2.55. The van der Waals surface area contributed by atoms with Crippen LogP contribution >= 0.6 is 23.2 Å². The molecule has 0 atom stereocenters. The van der Waals surface area contributed by atoms with E-state index in [0.717, 1.165) is 16.7 Å². The summed E-state index contributed by atoms with van der Waals surface area (Å²) in [5, 5.41) is 14.4. The molecule has 0 unspecified atom stereocenters. The second-order valence-electron chi connectivity index (χ2n) is 5.93. The summed E-state index contributed by atoms with van der Waals surface area (Å²) in [6, 6.07) is 22.5. The van der Waals surface area contributed by atoms with E-state index in [1.165, 1.54) is 0 Å². The van der Waals surface area contributed by atoms with Crippen molar-refractivity contribution < 1.29 is 4.74 Å². The molecule has 3 rings (SSSR count). The number of benzene rings is 3. The molecule has 0 aliphatic rings. The quantitative estimate of drug-likeness (QED) is 0.409. The predicted molar refractivity (Wildman–Crippen MR) is 113 cm³/mol. The zero-order valence-corrected chi connectivity index (χ0v) is 16.4. The summed E-state index contributed by atoms with van der Waals surface area (Å²) in [4.78, 5) is 0. The standard InChI is InChI=1S/C22H17Cl2N3O/c23-20-8-4-9-21(24)19(20)14-27-26-13-18-7-1-2-10-22(18)28-15-17-6-3-5-16(11-17)12-25/h1-11,13,27H,14-15H2/b26-13+. The minimum atomic E-state index is 0.364. The molecule has 0 bridgehead atoms. The van der Waals surface area contributed by atoms with Gasteiger partial charge in [0.2, 0.25) is 0 Å². The van der Waals surface area contributed by atoms with Crippen LogP contribution in [0.4, 0.5) is 0 Å². The molecule has 0 amide bonds. The van der Waals surface area contributed by atoms with Crippen molar-refractivity contribution in [3.63, 3.8) is 0 Å². The van der Waals surface area contributed by atoms with Gasteiger partial charge in [0.15, 0.2) is 0 Å². The van der Waals surface area contributed by atoms with Crippen LogP contribution in [-0.2, 0) is 13.2 Å². The van der Waals surface area contributed by atoms with Crippen LogP contribution in [0, 0.1) is 11.3 Å². The maximum absolute atomic E-state index is 9.00. The van der Waals surface area contributed by atoms with Gasteiger partial charge >= 0.3 is 0 Å². The molecule has 0 aliphatic carbocycles. The smallest absolute Gasteiger partial charge is 0.128 e. The van der Waals surface area contributed by atoms with Crippen molar-refractivity contribution in [2.45, 2.75) is 13.2 Å². The zero-order chi connectivity index (χ0) is 19.8. The number of hydrazone groups is 1. The molecule has 140 valence electrons. The number of nitrogens with one attached hydrogen (secondary N) is 1. The third kappa shape index (κ3) is 5.26. The molecule has 0 aliphatic heterocycles. The predicted octanol–water partition coefficient (Wildman–Crippen LogP) is 5.57. The number of hydrogen-bond donors (Lipinski definition) is 1. The maximum Gasteiger partial charge on any atom is 0.128 e. The van der Waals surface area contributed by atoms with E-state index in [1.54, 1.807) is 30.5 Å². The van der Waals surface area contributed by atoms with Gasteiger partial charge in [-0.05, 0) is 42.0 Å². The van der Waals surface area contributed by atoms with Crippen LogP contribution in [0.15, 0.2) is 71.8 Å². The summed E-state index contributed by atoms with van der Waals surface area (Å²) in [6.45, 7) is 0.780. The summed E-state index contributed by atoms with van der Waals surface area (Å²) < 4.78 is 5.91. The minimum Gasteiger partial charge on any atom is -0.488 e. The molecule has 0 spiro atoms. The van der Waals surface area contributed by atoms with Crippen LogP contribution in [0.3, 0.4) is 0 Å². The van der Waals surface area contributed by atoms with Crippen molar-refractivity contribution in [3.8, 4) is 11.8 Å². The number of nitrogens with zero attached hydrogens (tertiary/aromatic N) is 2. The van der Waals surface area contributed by atoms with Crippen molar-refractivity contribution >= 4 is 29.4 Å². The van der Waals surface area contributed by atoms with Crippen molar-refractivity contribution in [2.75, 3.05) is 0 Å². The number of nitriles is 1. The molecular formula is C22H17Cl2N3O. The van der Waals surface area contributed by atoms with Gasteiger partial charge in [0.25, 0.3) is 0 Å². The lowest BCUT2D eigenvalue weighted by Gasteiger charge is -2.09. The minimum absolute atomic E-state index is 0.364. The molecule has 0 fully saturated rings. The average molecular weight is 410 g/mol. The molecule has 0 heterocycles. The summed E-state index contributed by atoms with van der Waals surface area (Å²) in [5.74, 6) is 0.700. The molecule has 1 N–H and O–H groups in total. The Morgan fingerprint density at radius 1 is 1.00 bits per heavy atom. The Hall–Kier alpha value is -3.00. The molecule has 0 radical (unpaired) electrons. The second kappa shape index (κ2) is 9.80. The van der Waals surface area contributed by atoms with Crippen LogP contribution in [0.5, 0.6) is 5.75 Å².